The molecule has 0 bridgehead atoms. The van der Waals surface area contributed by atoms with Gasteiger partial charge in [-0.05, 0) is 28.4 Å². The minimum Gasteiger partial charge on any atom is -0.462 e. The SMILES string of the molecule is CCOC(=O)c1cnc(Br)c(C(F)F)c1CBr. The van der Waals surface area contributed by atoms with E-state index < -0.39 is 12.4 Å². The van der Waals surface area contributed by atoms with Crippen LogP contribution >= 0.6 is 31.9 Å². The van der Waals surface area contributed by atoms with Gasteiger partial charge in [-0.1, -0.05) is 15.9 Å². The smallest absolute Gasteiger partial charge is 0.340 e. The van der Waals surface area contributed by atoms with Crippen LogP contribution in [-0.2, 0) is 10.1 Å². The molecule has 0 N–H and O–H groups in total. The first-order chi connectivity index (χ1) is 8.02. The first-order valence-electron chi connectivity index (χ1n) is 4.71. The monoisotopic (exact) mass is 371 g/mol. The van der Waals surface area contributed by atoms with Gasteiger partial charge in [-0.3, -0.25) is 0 Å². The summed E-state index contributed by atoms with van der Waals surface area (Å²) in [5.41, 5.74) is -0.0324. The summed E-state index contributed by atoms with van der Waals surface area (Å²) in [5, 5.41) is 0.127. The molecule has 17 heavy (non-hydrogen) atoms. The van der Waals surface area contributed by atoms with Gasteiger partial charge in [0.15, 0.2) is 0 Å². The molecule has 0 saturated carbocycles. The molecule has 0 atom stereocenters. The van der Waals surface area contributed by atoms with Crippen molar-refractivity contribution in [3.63, 3.8) is 0 Å². The highest BCUT2D eigenvalue weighted by Gasteiger charge is 2.23. The van der Waals surface area contributed by atoms with Crippen molar-refractivity contribution < 1.29 is 18.3 Å². The normalized spacial score (nSPS) is 10.7. The van der Waals surface area contributed by atoms with Crippen LogP contribution in [0.25, 0.3) is 0 Å². The predicted octanol–water partition coefficient (Wildman–Crippen LogP) is 3.85. The topological polar surface area (TPSA) is 39.2 Å². The summed E-state index contributed by atoms with van der Waals surface area (Å²) in [4.78, 5) is 15.3. The van der Waals surface area contributed by atoms with Crippen molar-refractivity contribution in [2.45, 2.75) is 18.7 Å². The Morgan fingerprint density at radius 1 is 1.59 bits per heavy atom. The van der Waals surface area contributed by atoms with Gasteiger partial charge in [-0.2, -0.15) is 0 Å². The van der Waals surface area contributed by atoms with Gasteiger partial charge in [-0.25, -0.2) is 18.6 Å². The number of pyridine rings is 1. The fourth-order valence-electron chi connectivity index (χ4n) is 1.29. The summed E-state index contributed by atoms with van der Waals surface area (Å²) in [6.07, 6.45) is -1.48. The molecule has 1 aromatic rings. The molecule has 0 aromatic carbocycles. The van der Waals surface area contributed by atoms with Gasteiger partial charge < -0.3 is 4.74 Å². The molecule has 1 aromatic heterocycles. The molecule has 0 amide bonds. The summed E-state index contributed by atoms with van der Waals surface area (Å²) >= 11 is 6.04. The molecule has 7 heteroatoms. The third-order valence-corrected chi connectivity index (χ3v) is 3.22. The fraction of sp³-hybridized carbons (Fsp3) is 0.400. The van der Waals surface area contributed by atoms with E-state index in [1.807, 2.05) is 0 Å². The second kappa shape index (κ2) is 6.39. The number of alkyl halides is 3. The van der Waals surface area contributed by atoms with Crippen molar-refractivity contribution in [3.05, 3.63) is 27.5 Å². The Labute approximate surface area is 114 Å². The molecule has 0 aliphatic rings. The standard InChI is InChI=1S/C10H9Br2F2NO2/c1-2-17-10(16)6-4-15-8(12)7(9(13)14)5(6)3-11/h4,9H,2-3H2,1H3. The Bertz CT molecular complexity index is 427. The summed E-state index contributed by atoms with van der Waals surface area (Å²) in [5.74, 6) is -0.649. The van der Waals surface area contributed by atoms with Crippen molar-refractivity contribution in [3.8, 4) is 0 Å². The van der Waals surface area contributed by atoms with Crippen molar-refractivity contribution in [1.29, 1.82) is 0 Å². The van der Waals surface area contributed by atoms with Gasteiger partial charge in [0.2, 0.25) is 0 Å². The van der Waals surface area contributed by atoms with Crippen molar-refractivity contribution in [2.24, 2.45) is 0 Å². The van der Waals surface area contributed by atoms with Crippen LogP contribution in [-0.4, -0.2) is 17.6 Å². The maximum absolute atomic E-state index is 12.9. The highest BCUT2D eigenvalue weighted by atomic mass is 79.9. The number of rotatable bonds is 4. The fourth-order valence-corrected chi connectivity index (χ4v) is 2.41. The highest BCUT2D eigenvalue weighted by Crippen LogP contribution is 2.32. The molecule has 0 aliphatic carbocycles. The first-order valence-corrected chi connectivity index (χ1v) is 6.62. The van der Waals surface area contributed by atoms with Crippen molar-refractivity contribution in [1.82, 2.24) is 4.98 Å². The zero-order chi connectivity index (χ0) is 13.0. The minimum atomic E-state index is -2.71. The molecule has 94 valence electrons. The van der Waals surface area contributed by atoms with Gasteiger partial charge in [0.1, 0.15) is 4.60 Å². The Hall–Kier alpha value is -0.560. The van der Waals surface area contributed by atoms with Gasteiger partial charge in [0.25, 0.3) is 6.43 Å². The van der Waals surface area contributed by atoms with Crippen LogP contribution in [0.5, 0.6) is 0 Å². The Morgan fingerprint density at radius 2 is 2.24 bits per heavy atom. The minimum absolute atomic E-state index is 0.0370. The molecular weight excluding hydrogens is 364 g/mol. The number of hydrogen-bond acceptors (Lipinski definition) is 3. The van der Waals surface area contributed by atoms with Crippen LogP contribution in [0.3, 0.4) is 0 Å². The van der Waals surface area contributed by atoms with Crippen LogP contribution in [0.1, 0.15) is 34.8 Å². The molecule has 0 aliphatic heterocycles. The number of carbonyl (C=O) groups excluding carboxylic acids is 1. The molecule has 3 nitrogen and oxygen atoms in total. The molecule has 0 spiro atoms. The predicted molar refractivity (Wildman–Crippen MR) is 65.5 cm³/mol. The Morgan fingerprint density at radius 3 is 2.71 bits per heavy atom. The van der Waals surface area contributed by atoms with Crippen LogP contribution in [0.4, 0.5) is 8.78 Å². The summed E-state index contributed by atoms with van der Waals surface area (Å²) in [6, 6.07) is 0. The number of halogens is 4. The number of ether oxygens (including phenoxy) is 1. The third kappa shape index (κ3) is 3.22. The van der Waals surface area contributed by atoms with Crippen LogP contribution in [0, 0.1) is 0 Å². The number of aromatic nitrogens is 1. The summed E-state index contributed by atoms with van der Waals surface area (Å²) < 4.78 is 30.5. The highest BCUT2D eigenvalue weighted by molar-refractivity contribution is 9.10. The molecule has 1 heterocycles. The molecule has 0 fully saturated rings. The first kappa shape index (κ1) is 14.5. The summed E-state index contributed by atoms with van der Waals surface area (Å²) in [7, 11) is 0. The van der Waals surface area contributed by atoms with E-state index in [-0.39, 0.29) is 33.2 Å². The van der Waals surface area contributed by atoms with Gasteiger partial charge >= 0.3 is 5.97 Å². The van der Waals surface area contributed by atoms with Crippen molar-refractivity contribution >= 4 is 37.8 Å². The zero-order valence-electron chi connectivity index (χ0n) is 8.84. The number of hydrogen-bond donors (Lipinski definition) is 0. The average molecular weight is 373 g/mol. The lowest BCUT2D eigenvalue weighted by atomic mass is 10.1. The van der Waals surface area contributed by atoms with E-state index in [9.17, 15) is 13.6 Å². The lowest BCUT2D eigenvalue weighted by Crippen LogP contribution is -2.11. The number of carbonyl (C=O) groups is 1. The zero-order valence-corrected chi connectivity index (χ0v) is 12.0. The van der Waals surface area contributed by atoms with E-state index in [0.717, 1.165) is 0 Å². The van der Waals surface area contributed by atoms with Gasteiger partial charge in [0, 0.05) is 11.5 Å². The largest absolute Gasteiger partial charge is 0.462 e. The summed E-state index contributed by atoms with van der Waals surface area (Å²) in [6.45, 7) is 1.83. The van der Waals surface area contributed by atoms with Crippen LogP contribution in [0.2, 0.25) is 0 Å². The molecule has 0 unspecified atom stereocenters. The molecular formula is C10H9Br2F2NO2. The average Bonchev–Trinajstić information content (AvgIpc) is 2.27. The van der Waals surface area contributed by atoms with Gasteiger partial charge in [-0.15, -0.1) is 0 Å². The number of nitrogens with zero attached hydrogens (tertiary/aromatic N) is 1. The maximum atomic E-state index is 12.9. The lowest BCUT2D eigenvalue weighted by Gasteiger charge is -2.12. The van der Waals surface area contributed by atoms with Crippen LogP contribution in [0.15, 0.2) is 10.8 Å². The van der Waals surface area contributed by atoms with E-state index >= 15 is 0 Å². The van der Waals surface area contributed by atoms with Gasteiger partial charge in [0.05, 0.1) is 17.7 Å². The van der Waals surface area contributed by atoms with E-state index in [2.05, 4.69) is 36.8 Å². The van der Waals surface area contributed by atoms with E-state index in [0.29, 0.717) is 0 Å². The number of esters is 1. The second-order valence-corrected chi connectivity index (χ2v) is 4.32. The van der Waals surface area contributed by atoms with Crippen LogP contribution < -0.4 is 0 Å². The molecule has 1 rings (SSSR count). The Balaban J connectivity index is 3.32. The quantitative estimate of drug-likeness (QED) is 0.457. The Kier molecular flexibility index (Phi) is 5.45. The molecule has 0 saturated heterocycles. The second-order valence-electron chi connectivity index (χ2n) is 3.01. The van der Waals surface area contributed by atoms with E-state index in [1.165, 1.54) is 6.20 Å². The lowest BCUT2D eigenvalue weighted by molar-refractivity contribution is 0.0524. The van der Waals surface area contributed by atoms with E-state index in [4.69, 9.17) is 4.74 Å². The maximum Gasteiger partial charge on any atom is 0.340 e. The molecule has 0 radical (unpaired) electrons. The third-order valence-electron chi connectivity index (χ3n) is 2.03. The van der Waals surface area contributed by atoms with Crippen molar-refractivity contribution in [2.75, 3.05) is 6.61 Å². The van der Waals surface area contributed by atoms with E-state index in [1.54, 1.807) is 6.92 Å².